The number of ether oxygens (including phenoxy) is 2. The first-order valence-corrected chi connectivity index (χ1v) is 9.25. The van der Waals surface area contributed by atoms with Crippen LogP contribution in [0.25, 0.3) is 0 Å². The number of aryl methyl sites for hydroxylation is 1. The molecule has 0 saturated carbocycles. The van der Waals surface area contributed by atoms with Crippen LogP contribution in [0, 0.1) is 7.14 Å². The number of carbonyl (C=O) groups is 1. The van der Waals surface area contributed by atoms with Gasteiger partial charge in [-0.3, -0.25) is 4.79 Å². The fraction of sp³-hybridized carbons (Fsp3) is 0.235. The van der Waals surface area contributed by atoms with Gasteiger partial charge in [-0.15, -0.1) is 0 Å². The van der Waals surface area contributed by atoms with Crippen LogP contribution in [0.1, 0.15) is 18.9 Å². The van der Waals surface area contributed by atoms with E-state index in [1.165, 1.54) is 0 Å². The Kier molecular flexibility index (Phi) is 6.94. The number of carboxylic acids is 1. The highest BCUT2D eigenvalue weighted by Gasteiger charge is 2.11. The maximum atomic E-state index is 10.7. The summed E-state index contributed by atoms with van der Waals surface area (Å²) in [5.74, 6) is 1.55. The Morgan fingerprint density at radius 2 is 1.65 bits per heavy atom. The van der Waals surface area contributed by atoms with Crippen LogP contribution in [0.4, 0.5) is 0 Å². The Labute approximate surface area is 162 Å². The molecule has 4 nitrogen and oxygen atoms in total. The van der Waals surface area contributed by atoms with Gasteiger partial charge < -0.3 is 14.6 Å². The Morgan fingerprint density at radius 1 is 1.09 bits per heavy atom. The van der Waals surface area contributed by atoms with Crippen LogP contribution >= 0.6 is 45.2 Å². The lowest BCUT2D eigenvalue weighted by Gasteiger charge is -2.12. The number of hydrogen-bond acceptors (Lipinski definition) is 3. The minimum Gasteiger partial charge on any atom is -0.494 e. The minimum atomic E-state index is -0.787. The molecule has 2 rings (SSSR count). The van der Waals surface area contributed by atoms with E-state index < -0.39 is 5.97 Å². The lowest BCUT2D eigenvalue weighted by Crippen LogP contribution is -1.99. The van der Waals surface area contributed by atoms with E-state index in [1.54, 1.807) is 0 Å². The summed E-state index contributed by atoms with van der Waals surface area (Å²) in [6, 6.07) is 11.4. The van der Waals surface area contributed by atoms with Crippen molar-refractivity contribution >= 4 is 51.2 Å². The SMILES string of the molecule is CCOc1ccc(Oc2c(I)cc(CCC(=O)O)cc2I)cc1. The predicted octanol–water partition coefficient (Wildman–Crippen LogP) is 5.10. The third kappa shape index (κ3) is 5.52. The molecule has 0 spiro atoms. The van der Waals surface area contributed by atoms with E-state index in [2.05, 4.69) is 45.2 Å². The van der Waals surface area contributed by atoms with Gasteiger partial charge in [-0.1, -0.05) is 0 Å². The molecule has 0 aromatic heterocycles. The van der Waals surface area contributed by atoms with E-state index in [-0.39, 0.29) is 6.42 Å². The topological polar surface area (TPSA) is 55.8 Å². The Hall–Kier alpha value is -1.03. The number of carboxylic acid groups (broad SMARTS) is 1. The van der Waals surface area contributed by atoms with Crippen LogP contribution in [-0.2, 0) is 11.2 Å². The lowest BCUT2D eigenvalue weighted by atomic mass is 10.1. The molecule has 2 aromatic carbocycles. The summed E-state index contributed by atoms with van der Waals surface area (Å²) in [7, 11) is 0. The Morgan fingerprint density at radius 3 is 2.17 bits per heavy atom. The molecule has 0 fully saturated rings. The highest BCUT2D eigenvalue weighted by Crippen LogP contribution is 2.33. The quantitative estimate of drug-likeness (QED) is 0.499. The van der Waals surface area contributed by atoms with Crippen molar-refractivity contribution < 1.29 is 19.4 Å². The molecule has 2 aromatic rings. The van der Waals surface area contributed by atoms with Crippen molar-refractivity contribution in [3.8, 4) is 17.2 Å². The molecule has 0 saturated heterocycles. The molecule has 0 aliphatic carbocycles. The molecule has 0 atom stereocenters. The molecule has 0 heterocycles. The van der Waals surface area contributed by atoms with Gasteiger partial charge in [0.05, 0.1) is 13.7 Å². The van der Waals surface area contributed by atoms with Crippen molar-refractivity contribution in [2.24, 2.45) is 0 Å². The third-order valence-corrected chi connectivity index (χ3v) is 4.64. The predicted molar refractivity (Wildman–Crippen MR) is 106 cm³/mol. The lowest BCUT2D eigenvalue weighted by molar-refractivity contribution is -0.136. The van der Waals surface area contributed by atoms with Gasteiger partial charge in [-0.25, -0.2) is 0 Å². The smallest absolute Gasteiger partial charge is 0.303 e. The summed E-state index contributed by atoms with van der Waals surface area (Å²) in [6.07, 6.45) is 0.649. The van der Waals surface area contributed by atoms with Crippen LogP contribution in [0.15, 0.2) is 36.4 Å². The van der Waals surface area contributed by atoms with Crippen molar-refractivity contribution in [2.45, 2.75) is 19.8 Å². The summed E-state index contributed by atoms with van der Waals surface area (Å²) in [5, 5.41) is 8.78. The largest absolute Gasteiger partial charge is 0.494 e. The molecule has 122 valence electrons. The number of hydrogen-bond donors (Lipinski definition) is 1. The summed E-state index contributed by atoms with van der Waals surface area (Å²) in [5.41, 5.74) is 1.00. The van der Waals surface area contributed by atoms with Gasteiger partial charge in [-0.05, 0) is 100 Å². The maximum Gasteiger partial charge on any atom is 0.303 e. The van der Waals surface area contributed by atoms with Gasteiger partial charge in [0.25, 0.3) is 0 Å². The van der Waals surface area contributed by atoms with Crippen molar-refractivity contribution in [1.82, 2.24) is 0 Å². The fourth-order valence-electron chi connectivity index (χ4n) is 1.99. The van der Waals surface area contributed by atoms with Gasteiger partial charge in [0, 0.05) is 6.42 Å². The third-order valence-electron chi connectivity index (χ3n) is 3.04. The maximum absolute atomic E-state index is 10.7. The van der Waals surface area contributed by atoms with Gasteiger partial charge in [-0.2, -0.15) is 0 Å². The second-order valence-electron chi connectivity index (χ2n) is 4.79. The van der Waals surface area contributed by atoms with Gasteiger partial charge in [0.2, 0.25) is 0 Å². The molecule has 0 aliphatic rings. The van der Waals surface area contributed by atoms with Crippen LogP contribution in [0.2, 0.25) is 0 Å². The van der Waals surface area contributed by atoms with Crippen LogP contribution in [-0.4, -0.2) is 17.7 Å². The van der Waals surface area contributed by atoms with Crippen molar-refractivity contribution in [3.63, 3.8) is 0 Å². The fourth-order valence-corrected chi connectivity index (χ4v) is 4.11. The molecular formula is C17H16I2O4. The summed E-state index contributed by atoms with van der Waals surface area (Å²) in [4.78, 5) is 10.7. The van der Waals surface area contributed by atoms with E-state index in [4.69, 9.17) is 14.6 Å². The highest BCUT2D eigenvalue weighted by molar-refractivity contribution is 14.1. The second-order valence-corrected chi connectivity index (χ2v) is 7.11. The van der Waals surface area contributed by atoms with Gasteiger partial charge in [0.15, 0.2) is 5.75 Å². The molecule has 0 aliphatic heterocycles. The van der Waals surface area contributed by atoms with Crippen molar-refractivity contribution in [3.05, 3.63) is 49.1 Å². The van der Waals surface area contributed by atoms with Crippen molar-refractivity contribution in [1.29, 1.82) is 0 Å². The summed E-state index contributed by atoms with van der Waals surface area (Å²) >= 11 is 4.43. The van der Waals surface area contributed by atoms with Crippen molar-refractivity contribution in [2.75, 3.05) is 6.61 Å². The van der Waals surface area contributed by atoms with E-state index in [0.29, 0.717) is 13.0 Å². The number of rotatable bonds is 7. The average Bonchev–Trinajstić information content (AvgIpc) is 2.51. The van der Waals surface area contributed by atoms with Gasteiger partial charge in [0.1, 0.15) is 11.5 Å². The zero-order valence-electron chi connectivity index (χ0n) is 12.5. The molecule has 6 heteroatoms. The molecule has 0 radical (unpaired) electrons. The highest BCUT2D eigenvalue weighted by atomic mass is 127. The van der Waals surface area contributed by atoms with Crippen LogP contribution in [0.5, 0.6) is 17.2 Å². The average molecular weight is 538 g/mol. The molecule has 1 N–H and O–H groups in total. The minimum absolute atomic E-state index is 0.130. The monoisotopic (exact) mass is 538 g/mol. The van der Waals surface area contributed by atoms with E-state index in [9.17, 15) is 4.79 Å². The zero-order chi connectivity index (χ0) is 16.8. The normalized spacial score (nSPS) is 10.4. The Bertz CT molecular complexity index is 660. The number of halogens is 2. The number of aliphatic carboxylic acids is 1. The first kappa shape index (κ1) is 18.3. The Balaban J connectivity index is 2.14. The van der Waals surface area contributed by atoms with Gasteiger partial charge >= 0.3 is 5.97 Å². The van der Waals surface area contributed by atoms with E-state index >= 15 is 0 Å². The summed E-state index contributed by atoms with van der Waals surface area (Å²) in [6.45, 7) is 2.58. The molecule has 0 bridgehead atoms. The van der Waals surface area contributed by atoms with Crippen LogP contribution in [0.3, 0.4) is 0 Å². The van der Waals surface area contributed by atoms with E-state index in [0.717, 1.165) is 30.0 Å². The second kappa shape index (κ2) is 8.72. The first-order chi connectivity index (χ1) is 11.0. The first-order valence-electron chi connectivity index (χ1n) is 7.10. The van der Waals surface area contributed by atoms with Crippen LogP contribution < -0.4 is 9.47 Å². The standard InChI is InChI=1S/C17H16I2O4/c1-2-22-12-4-6-13(7-5-12)23-17-14(18)9-11(10-15(17)19)3-8-16(20)21/h4-7,9-10H,2-3,8H2,1H3,(H,20,21). The zero-order valence-corrected chi connectivity index (χ0v) is 16.8. The molecule has 0 amide bonds. The molecule has 0 unspecified atom stereocenters. The molecule has 23 heavy (non-hydrogen) atoms. The summed E-state index contributed by atoms with van der Waals surface area (Å²) < 4.78 is 13.3. The molecular weight excluding hydrogens is 522 g/mol. The van der Waals surface area contributed by atoms with E-state index in [1.807, 2.05) is 43.3 Å². The number of benzene rings is 2.